The maximum absolute atomic E-state index is 11.5. The second-order valence-corrected chi connectivity index (χ2v) is 3.95. The summed E-state index contributed by atoms with van der Waals surface area (Å²) in [5.41, 5.74) is 2.02. The normalized spacial score (nSPS) is 12.2. The van der Waals surface area contributed by atoms with E-state index in [4.69, 9.17) is 11.6 Å². The molecule has 0 aliphatic rings. The van der Waals surface area contributed by atoms with Crippen LogP contribution >= 0.6 is 11.6 Å². The summed E-state index contributed by atoms with van der Waals surface area (Å²) in [6.45, 7) is 3.97. The Morgan fingerprint density at radius 2 is 2.20 bits per heavy atom. The summed E-state index contributed by atoms with van der Waals surface area (Å²) in [6.07, 6.45) is 1.60. The van der Waals surface area contributed by atoms with Crippen LogP contribution < -0.4 is 5.32 Å². The minimum absolute atomic E-state index is 0.132. The van der Waals surface area contributed by atoms with Crippen molar-refractivity contribution in [3.63, 3.8) is 0 Å². The molecule has 15 heavy (non-hydrogen) atoms. The van der Waals surface area contributed by atoms with Crippen molar-refractivity contribution in [2.24, 2.45) is 0 Å². The second kappa shape index (κ2) is 5.76. The van der Waals surface area contributed by atoms with Crippen molar-refractivity contribution < 1.29 is 4.79 Å². The third-order valence-electron chi connectivity index (χ3n) is 2.25. The van der Waals surface area contributed by atoms with Crippen LogP contribution in [-0.4, -0.2) is 11.3 Å². The zero-order valence-electron chi connectivity index (χ0n) is 9.09. The molecule has 1 aromatic carbocycles. The summed E-state index contributed by atoms with van der Waals surface area (Å²) < 4.78 is 0. The first-order chi connectivity index (χ1) is 7.17. The fourth-order valence-corrected chi connectivity index (χ4v) is 1.33. The first-order valence-corrected chi connectivity index (χ1v) is 5.64. The van der Waals surface area contributed by atoms with Crippen LogP contribution in [0.15, 0.2) is 24.3 Å². The monoisotopic (exact) mass is 225 g/mol. The van der Waals surface area contributed by atoms with Crippen molar-refractivity contribution >= 4 is 23.2 Å². The van der Waals surface area contributed by atoms with E-state index in [2.05, 4.69) is 12.2 Å². The van der Waals surface area contributed by atoms with Gasteiger partial charge in [0.15, 0.2) is 0 Å². The van der Waals surface area contributed by atoms with E-state index < -0.39 is 5.38 Å². The first kappa shape index (κ1) is 12.1. The molecule has 0 radical (unpaired) electrons. The van der Waals surface area contributed by atoms with E-state index in [1.165, 1.54) is 5.56 Å². The fraction of sp³-hybridized carbons (Fsp3) is 0.417. The molecule has 1 atom stereocenters. The molecule has 1 rings (SSSR count). The summed E-state index contributed by atoms with van der Waals surface area (Å²) in [5.74, 6) is -0.132. The van der Waals surface area contributed by atoms with Crippen molar-refractivity contribution in [1.82, 2.24) is 0 Å². The molecule has 0 bridgehead atoms. The summed E-state index contributed by atoms with van der Waals surface area (Å²) >= 11 is 5.83. The summed E-state index contributed by atoms with van der Waals surface area (Å²) in [4.78, 5) is 11.5. The minimum atomic E-state index is -0.449. The van der Waals surface area contributed by atoms with Crippen molar-refractivity contribution in [3.8, 4) is 0 Å². The Balaban J connectivity index is 2.68. The van der Waals surface area contributed by atoms with Crippen molar-refractivity contribution in [1.29, 1.82) is 0 Å². The lowest BCUT2D eigenvalue weighted by molar-refractivity contribution is -0.115. The lowest BCUT2D eigenvalue weighted by Crippen LogP contribution is -2.22. The van der Waals surface area contributed by atoms with Crippen LogP contribution in [0.2, 0.25) is 0 Å². The Labute approximate surface area is 95.6 Å². The van der Waals surface area contributed by atoms with Gasteiger partial charge in [-0.1, -0.05) is 26.0 Å². The molecule has 1 unspecified atom stereocenters. The Bertz CT molecular complexity index is 338. The largest absolute Gasteiger partial charge is 0.325 e. The molecule has 0 heterocycles. The van der Waals surface area contributed by atoms with Gasteiger partial charge in [-0.2, -0.15) is 0 Å². The van der Waals surface area contributed by atoms with Gasteiger partial charge in [-0.15, -0.1) is 11.6 Å². The number of nitrogens with one attached hydrogen (secondary N) is 1. The highest BCUT2D eigenvalue weighted by molar-refractivity contribution is 6.32. The topological polar surface area (TPSA) is 29.1 Å². The first-order valence-electron chi connectivity index (χ1n) is 5.21. The lowest BCUT2D eigenvalue weighted by atomic mass is 10.1. The molecule has 0 fully saturated rings. The van der Waals surface area contributed by atoms with Crippen LogP contribution in [0.3, 0.4) is 0 Å². The number of benzene rings is 1. The zero-order valence-corrected chi connectivity index (χ0v) is 9.84. The highest BCUT2D eigenvalue weighted by atomic mass is 35.5. The average molecular weight is 226 g/mol. The molecule has 0 saturated carbocycles. The number of carbonyl (C=O) groups is 1. The standard InChI is InChI=1S/C12H16ClNO/c1-3-9-6-5-7-10(8-9)14-12(15)11(13)4-2/h5-8,11H,3-4H2,1-2H3,(H,14,15). The van der Waals surface area contributed by atoms with E-state index in [0.717, 1.165) is 12.1 Å². The summed E-state index contributed by atoms with van der Waals surface area (Å²) in [7, 11) is 0. The molecule has 0 aliphatic heterocycles. The summed E-state index contributed by atoms with van der Waals surface area (Å²) in [6, 6.07) is 7.81. The van der Waals surface area contributed by atoms with Gasteiger partial charge in [-0.3, -0.25) is 4.79 Å². The van der Waals surface area contributed by atoms with Gasteiger partial charge in [0.25, 0.3) is 0 Å². The predicted molar refractivity (Wildman–Crippen MR) is 64.4 cm³/mol. The molecular weight excluding hydrogens is 210 g/mol. The van der Waals surface area contributed by atoms with Gasteiger partial charge < -0.3 is 5.32 Å². The molecule has 1 N–H and O–H groups in total. The highest BCUT2D eigenvalue weighted by Gasteiger charge is 2.12. The Morgan fingerprint density at radius 3 is 2.80 bits per heavy atom. The number of hydrogen-bond donors (Lipinski definition) is 1. The maximum atomic E-state index is 11.5. The third-order valence-corrected chi connectivity index (χ3v) is 2.75. The number of amides is 1. The Morgan fingerprint density at radius 1 is 1.47 bits per heavy atom. The third kappa shape index (κ3) is 3.56. The van der Waals surface area contributed by atoms with Gasteiger partial charge in [0.05, 0.1) is 0 Å². The van der Waals surface area contributed by atoms with Crippen LogP contribution in [0.4, 0.5) is 5.69 Å². The van der Waals surface area contributed by atoms with Gasteiger partial charge in [0.2, 0.25) is 5.91 Å². The van der Waals surface area contributed by atoms with E-state index in [1.54, 1.807) is 0 Å². The zero-order chi connectivity index (χ0) is 11.3. The predicted octanol–water partition coefficient (Wildman–Crippen LogP) is 3.20. The molecular formula is C12H16ClNO. The number of alkyl halides is 1. The maximum Gasteiger partial charge on any atom is 0.242 e. The lowest BCUT2D eigenvalue weighted by Gasteiger charge is -2.09. The van der Waals surface area contributed by atoms with Crippen LogP contribution in [0.5, 0.6) is 0 Å². The fourth-order valence-electron chi connectivity index (χ4n) is 1.27. The molecule has 1 amide bonds. The van der Waals surface area contributed by atoms with Crippen molar-refractivity contribution in [2.45, 2.75) is 32.1 Å². The van der Waals surface area contributed by atoms with Crippen LogP contribution in [0.25, 0.3) is 0 Å². The highest BCUT2D eigenvalue weighted by Crippen LogP contribution is 2.13. The van der Waals surface area contributed by atoms with Gasteiger partial charge in [0, 0.05) is 5.69 Å². The number of hydrogen-bond acceptors (Lipinski definition) is 1. The summed E-state index contributed by atoms with van der Waals surface area (Å²) in [5, 5.41) is 2.35. The smallest absolute Gasteiger partial charge is 0.242 e. The SMILES string of the molecule is CCc1cccc(NC(=O)C(Cl)CC)c1. The van der Waals surface area contributed by atoms with Crippen molar-refractivity contribution in [2.75, 3.05) is 5.32 Å². The van der Waals surface area contributed by atoms with E-state index >= 15 is 0 Å². The number of carbonyl (C=O) groups excluding carboxylic acids is 1. The Hall–Kier alpha value is -1.02. The molecule has 0 spiro atoms. The number of anilines is 1. The van der Waals surface area contributed by atoms with Crippen LogP contribution in [0, 0.1) is 0 Å². The van der Waals surface area contributed by atoms with Gasteiger partial charge in [-0.25, -0.2) is 0 Å². The molecule has 0 aliphatic carbocycles. The molecule has 0 saturated heterocycles. The molecule has 2 nitrogen and oxygen atoms in total. The number of rotatable bonds is 4. The molecule has 0 aromatic heterocycles. The number of aryl methyl sites for hydroxylation is 1. The minimum Gasteiger partial charge on any atom is -0.325 e. The molecule has 82 valence electrons. The van der Waals surface area contributed by atoms with E-state index in [9.17, 15) is 4.79 Å². The second-order valence-electron chi connectivity index (χ2n) is 3.42. The van der Waals surface area contributed by atoms with E-state index in [0.29, 0.717) is 6.42 Å². The van der Waals surface area contributed by atoms with Gasteiger partial charge in [0.1, 0.15) is 5.38 Å². The van der Waals surface area contributed by atoms with E-state index in [-0.39, 0.29) is 5.91 Å². The van der Waals surface area contributed by atoms with Crippen LogP contribution in [-0.2, 0) is 11.2 Å². The Kier molecular flexibility index (Phi) is 4.63. The van der Waals surface area contributed by atoms with Gasteiger partial charge >= 0.3 is 0 Å². The quantitative estimate of drug-likeness (QED) is 0.784. The number of halogens is 1. The molecule has 3 heteroatoms. The molecule has 1 aromatic rings. The van der Waals surface area contributed by atoms with Gasteiger partial charge in [-0.05, 0) is 30.5 Å². The van der Waals surface area contributed by atoms with E-state index in [1.807, 2.05) is 31.2 Å². The average Bonchev–Trinajstić information content (AvgIpc) is 2.28. The van der Waals surface area contributed by atoms with Crippen LogP contribution in [0.1, 0.15) is 25.8 Å². The van der Waals surface area contributed by atoms with Crippen molar-refractivity contribution in [3.05, 3.63) is 29.8 Å².